The van der Waals surface area contributed by atoms with Crippen molar-refractivity contribution in [2.24, 2.45) is 5.73 Å². The topological polar surface area (TPSA) is 91.5 Å². The second-order valence-electron chi connectivity index (χ2n) is 3.59. The van der Waals surface area contributed by atoms with Gasteiger partial charge >= 0.3 is 5.97 Å². The normalized spacial score (nSPS) is 23.8. The van der Waals surface area contributed by atoms with Crippen LogP contribution in [0.1, 0.15) is 18.9 Å². The van der Waals surface area contributed by atoms with Crippen molar-refractivity contribution >= 4 is 23.1 Å². The summed E-state index contributed by atoms with van der Waals surface area (Å²) in [6.07, 6.45) is 1.56. The van der Waals surface area contributed by atoms with Crippen molar-refractivity contribution in [3.8, 4) is 0 Å². The van der Waals surface area contributed by atoms with E-state index in [9.17, 15) is 9.59 Å². The van der Waals surface area contributed by atoms with Crippen molar-refractivity contribution < 1.29 is 19.1 Å². The fourth-order valence-corrected chi connectivity index (χ4v) is 2.21. The number of ketones is 1. The Morgan fingerprint density at radius 3 is 2.88 bits per heavy atom. The first-order valence-corrected chi connectivity index (χ1v) is 5.65. The van der Waals surface area contributed by atoms with E-state index in [4.69, 9.17) is 15.2 Å². The molecule has 0 fully saturated rings. The first-order valence-electron chi connectivity index (χ1n) is 4.77. The van der Waals surface area contributed by atoms with Gasteiger partial charge in [-0.05, 0) is 6.92 Å². The Kier molecular flexibility index (Phi) is 2.62. The Balaban J connectivity index is 2.34. The Bertz CT molecular complexity index is 508. The minimum absolute atomic E-state index is 0.192. The second-order valence-corrected chi connectivity index (χ2v) is 4.48. The highest BCUT2D eigenvalue weighted by atomic mass is 32.1. The molecule has 2 rings (SSSR count). The smallest absolute Gasteiger partial charge is 0.308 e. The number of hydrogen-bond acceptors (Lipinski definition) is 7. The van der Waals surface area contributed by atoms with Crippen LogP contribution in [-0.2, 0) is 24.7 Å². The summed E-state index contributed by atoms with van der Waals surface area (Å²) < 4.78 is 10.0. The molecule has 0 radical (unpaired) electrons. The first-order chi connectivity index (χ1) is 7.95. The lowest BCUT2D eigenvalue weighted by Gasteiger charge is -2.19. The Morgan fingerprint density at radius 1 is 1.65 bits per heavy atom. The van der Waals surface area contributed by atoms with Crippen molar-refractivity contribution in [3.05, 3.63) is 28.2 Å². The zero-order valence-corrected chi connectivity index (χ0v) is 10.0. The molecule has 0 saturated heterocycles. The predicted octanol–water partition coefficient (Wildman–Crippen LogP) is 0.648. The molecular weight excluding hydrogens is 244 g/mol. The molecule has 1 atom stereocenters. The third-order valence-electron chi connectivity index (χ3n) is 2.26. The number of aromatic nitrogens is 1. The zero-order chi connectivity index (χ0) is 12.6. The lowest BCUT2D eigenvalue weighted by atomic mass is 10.0. The van der Waals surface area contributed by atoms with Crippen molar-refractivity contribution in [2.75, 3.05) is 0 Å². The lowest BCUT2D eigenvalue weighted by molar-refractivity contribution is -0.142. The highest BCUT2D eigenvalue weighted by Gasteiger charge is 2.50. The molecule has 0 aliphatic carbocycles. The molecule has 2 N–H and O–H groups in total. The Morgan fingerprint density at radius 2 is 2.35 bits per heavy atom. The van der Waals surface area contributed by atoms with Crippen LogP contribution in [-0.4, -0.2) is 16.7 Å². The van der Waals surface area contributed by atoms with Crippen LogP contribution in [0.3, 0.4) is 0 Å². The number of rotatable bonds is 2. The van der Waals surface area contributed by atoms with Gasteiger partial charge in [-0.15, -0.1) is 11.3 Å². The minimum atomic E-state index is -1.30. The molecule has 0 amide bonds. The van der Waals surface area contributed by atoms with Gasteiger partial charge in [0.05, 0.1) is 0 Å². The third-order valence-corrected chi connectivity index (χ3v) is 3.24. The molecule has 0 bridgehead atoms. The molecule has 90 valence electrons. The van der Waals surface area contributed by atoms with Crippen molar-refractivity contribution in [1.82, 2.24) is 4.98 Å². The molecular formula is C10H10N2O4S. The van der Waals surface area contributed by atoms with Gasteiger partial charge in [0.1, 0.15) is 5.01 Å². The van der Waals surface area contributed by atoms with Crippen LogP contribution >= 0.6 is 11.3 Å². The summed E-state index contributed by atoms with van der Waals surface area (Å²) in [5.74, 6) is -1.57. The largest absolute Gasteiger partial charge is 0.454 e. The summed E-state index contributed by atoms with van der Waals surface area (Å²) in [6, 6.07) is 0. The number of ether oxygens (including phenoxy) is 2. The fraction of sp³-hybridized carbons (Fsp3) is 0.300. The van der Waals surface area contributed by atoms with Gasteiger partial charge in [0.15, 0.2) is 0 Å². The number of nitrogens with zero attached hydrogens (tertiary/aromatic N) is 1. The molecule has 1 unspecified atom stereocenters. The Labute approximate surface area is 101 Å². The van der Waals surface area contributed by atoms with E-state index in [2.05, 4.69) is 4.98 Å². The van der Waals surface area contributed by atoms with E-state index < -0.39 is 17.4 Å². The quantitative estimate of drug-likeness (QED) is 0.779. The van der Waals surface area contributed by atoms with Gasteiger partial charge < -0.3 is 15.2 Å². The number of carbonyl (C=O) groups excluding carboxylic acids is 2. The van der Waals surface area contributed by atoms with Gasteiger partial charge in [-0.2, -0.15) is 0 Å². The van der Waals surface area contributed by atoms with Crippen LogP contribution in [0.2, 0.25) is 0 Å². The molecule has 1 aromatic heterocycles. The van der Waals surface area contributed by atoms with Crippen LogP contribution in [0, 0.1) is 0 Å². The van der Waals surface area contributed by atoms with E-state index in [1.54, 1.807) is 11.6 Å². The van der Waals surface area contributed by atoms with Crippen LogP contribution in [0.5, 0.6) is 0 Å². The molecule has 0 spiro atoms. The van der Waals surface area contributed by atoms with Crippen LogP contribution in [0.4, 0.5) is 0 Å². The number of Topliss-reactive ketones (excluding diaryl/α,β-unsaturated/α-hetero) is 1. The molecule has 0 aromatic carbocycles. The summed E-state index contributed by atoms with van der Waals surface area (Å²) in [7, 11) is 0. The monoisotopic (exact) mass is 254 g/mol. The van der Waals surface area contributed by atoms with Gasteiger partial charge in [0, 0.05) is 18.5 Å². The zero-order valence-electron chi connectivity index (χ0n) is 9.22. The maximum Gasteiger partial charge on any atom is 0.308 e. The first kappa shape index (κ1) is 11.6. The van der Waals surface area contributed by atoms with Gasteiger partial charge in [-0.1, -0.05) is 0 Å². The average Bonchev–Trinajstić information content (AvgIpc) is 2.83. The predicted molar refractivity (Wildman–Crippen MR) is 58.5 cm³/mol. The molecule has 1 aliphatic rings. The summed E-state index contributed by atoms with van der Waals surface area (Å²) in [4.78, 5) is 27.0. The summed E-state index contributed by atoms with van der Waals surface area (Å²) in [5.41, 5.74) is 4.23. The fourth-order valence-electron chi connectivity index (χ4n) is 1.48. The van der Waals surface area contributed by atoms with Gasteiger partial charge in [0.2, 0.25) is 17.2 Å². The number of esters is 1. The van der Waals surface area contributed by atoms with E-state index >= 15 is 0 Å². The molecule has 7 heteroatoms. The third kappa shape index (κ3) is 1.78. The van der Waals surface area contributed by atoms with Crippen molar-refractivity contribution in [1.29, 1.82) is 0 Å². The van der Waals surface area contributed by atoms with E-state index in [0.717, 1.165) is 0 Å². The van der Waals surface area contributed by atoms with Gasteiger partial charge in [0.25, 0.3) is 5.78 Å². The maximum atomic E-state index is 12.1. The highest BCUT2D eigenvalue weighted by Crippen LogP contribution is 2.38. The molecule has 1 aliphatic heterocycles. The minimum Gasteiger partial charge on any atom is -0.454 e. The number of nitrogens with two attached hydrogens (primary N) is 1. The van der Waals surface area contributed by atoms with E-state index in [-0.39, 0.29) is 11.6 Å². The number of carbonyl (C=O) groups is 2. The molecule has 2 heterocycles. The second kappa shape index (κ2) is 3.85. The number of hydrogen-bond donors (Lipinski definition) is 1. The van der Waals surface area contributed by atoms with Gasteiger partial charge in [-0.3, -0.25) is 9.59 Å². The summed E-state index contributed by atoms with van der Waals surface area (Å²) in [5, 5.41) is 2.18. The average molecular weight is 254 g/mol. The van der Waals surface area contributed by atoms with Crippen molar-refractivity contribution in [3.63, 3.8) is 0 Å². The lowest BCUT2D eigenvalue weighted by Crippen LogP contribution is -2.31. The standard InChI is InChI=1S/C10H10N2O4S/c1-5(13)15-6-7(14)10(2,16-8(6)11)9-12-3-4-17-9/h3-4H,11H2,1-2H3. The van der Waals surface area contributed by atoms with Crippen LogP contribution in [0.25, 0.3) is 0 Å². The highest BCUT2D eigenvalue weighted by molar-refractivity contribution is 7.09. The van der Waals surface area contributed by atoms with E-state index in [1.807, 2.05) is 0 Å². The molecule has 6 nitrogen and oxygen atoms in total. The molecule has 1 aromatic rings. The number of thiazole rings is 1. The van der Waals surface area contributed by atoms with E-state index in [0.29, 0.717) is 5.01 Å². The van der Waals surface area contributed by atoms with E-state index in [1.165, 1.54) is 25.2 Å². The SMILES string of the molecule is CC(=O)OC1=C(N)OC(C)(c2nccs2)C1=O. The Hall–Kier alpha value is -1.89. The summed E-state index contributed by atoms with van der Waals surface area (Å²) in [6.45, 7) is 2.73. The van der Waals surface area contributed by atoms with Crippen LogP contribution in [0.15, 0.2) is 23.2 Å². The summed E-state index contributed by atoms with van der Waals surface area (Å²) >= 11 is 1.27. The molecule has 0 saturated carbocycles. The van der Waals surface area contributed by atoms with Gasteiger partial charge in [-0.25, -0.2) is 4.98 Å². The molecule has 17 heavy (non-hydrogen) atoms. The van der Waals surface area contributed by atoms with Crippen molar-refractivity contribution in [2.45, 2.75) is 19.4 Å². The maximum absolute atomic E-state index is 12.1. The van der Waals surface area contributed by atoms with Crippen LogP contribution < -0.4 is 5.73 Å².